The minimum Gasteiger partial charge on any atom is -0.346 e. The van der Waals surface area contributed by atoms with Crippen LogP contribution in [0.25, 0.3) is 22.3 Å². The van der Waals surface area contributed by atoms with Crippen LogP contribution in [0.4, 0.5) is 0 Å². The molecule has 0 spiro atoms. The van der Waals surface area contributed by atoms with Gasteiger partial charge in [0.2, 0.25) is 0 Å². The van der Waals surface area contributed by atoms with Crippen molar-refractivity contribution in [1.29, 1.82) is 5.26 Å². The van der Waals surface area contributed by atoms with Gasteiger partial charge >= 0.3 is 0 Å². The van der Waals surface area contributed by atoms with Gasteiger partial charge in [0, 0.05) is 41.5 Å². The van der Waals surface area contributed by atoms with Gasteiger partial charge in [-0.3, -0.25) is 4.79 Å². The van der Waals surface area contributed by atoms with Crippen molar-refractivity contribution in [2.24, 2.45) is 5.92 Å². The predicted molar refractivity (Wildman–Crippen MR) is 83.2 cm³/mol. The zero-order chi connectivity index (χ0) is 15.1. The fraction of sp³-hybridized carbons (Fsp3) is 0.235. The van der Waals surface area contributed by atoms with Gasteiger partial charge in [0.15, 0.2) is 0 Å². The van der Waals surface area contributed by atoms with E-state index in [1.807, 2.05) is 24.4 Å². The van der Waals surface area contributed by atoms with E-state index in [0.717, 1.165) is 28.9 Å². The average molecular weight is 290 g/mol. The number of nitriles is 1. The van der Waals surface area contributed by atoms with Gasteiger partial charge in [-0.15, -0.1) is 0 Å². The van der Waals surface area contributed by atoms with E-state index in [0.29, 0.717) is 11.4 Å². The number of hydrogen-bond donors (Lipinski definition) is 1. The molecule has 0 atom stereocenters. The third-order valence-corrected chi connectivity index (χ3v) is 4.09. The standard InChI is InChI=1S/C17H14N4O/c18-8-13-10-21(9-11-1-2-11)15-4-3-12(7-14(13)15)17-19-6-5-16(22)20-17/h3-7,10-11H,1-2,9H2,(H,19,20,22). The van der Waals surface area contributed by atoms with Crippen LogP contribution in [0.5, 0.6) is 0 Å². The molecular formula is C17H14N4O. The Bertz CT molecular complexity index is 957. The van der Waals surface area contributed by atoms with Gasteiger partial charge < -0.3 is 9.55 Å². The minimum atomic E-state index is -0.277. The Balaban J connectivity index is 1.86. The first-order valence-corrected chi connectivity index (χ1v) is 7.34. The lowest BCUT2D eigenvalue weighted by molar-refractivity contribution is 0.647. The number of aromatic nitrogens is 3. The largest absolute Gasteiger partial charge is 0.346 e. The van der Waals surface area contributed by atoms with E-state index in [4.69, 9.17) is 0 Å². The van der Waals surface area contributed by atoms with Crippen LogP contribution >= 0.6 is 0 Å². The molecule has 5 heteroatoms. The summed E-state index contributed by atoms with van der Waals surface area (Å²) in [6.07, 6.45) is 6.05. The number of hydrogen-bond acceptors (Lipinski definition) is 3. The van der Waals surface area contributed by atoms with Gasteiger partial charge in [-0.05, 0) is 37.0 Å². The Labute approximate surface area is 126 Å². The number of nitrogens with one attached hydrogen (secondary N) is 1. The van der Waals surface area contributed by atoms with Crippen molar-refractivity contribution >= 4 is 10.9 Å². The summed E-state index contributed by atoms with van der Waals surface area (Å²) in [6, 6.07) is 9.51. The van der Waals surface area contributed by atoms with Crippen molar-refractivity contribution in [3.05, 3.63) is 52.6 Å². The summed E-state index contributed by atoms with van der Waals surface area (Å²) in [7, 11) is 0. The molecule has 1 aliphatic rings. The number of fused-ring (bicyclic) bond motifs is 1. The number of aromatic amines is 1. The first-order valence-electron chi connectivity index (χ1n) is 7.34. The molecule has 1 aromatic carbocycles. The van der Waals surface area contributed by atoms with E-state index in [9.17, 15) is 10.1 Å². The SMILES string of the molecule is N#Cc1cn(CC2CC2)c2ccc(-c3nc(=O)cc[nH]3)cc12. The van der Waals surface area contributed by atoms with Crippen molar-refractivity contribution in [3.63, 3.8) is 0 Å². The van der Waals surface area contributed by atoms with Gasteiger partial charge in [0.05, 0.1) is 5.56 Å². The van der Waals surface area contributed by atoms with E-state index in [2.05, 4.69) is 20.6 Å². The van der Waals surface area contributed by atoms with E-state index in [1.54, 1.807) is 6.20 Å². The predicted octanol–water partition coefficient (Wildman–Crippen LogP) is 2.67. The molecule has 0 unspecified atom stereocenters. The second-order valence-electron chi connectivity index (χ2n) is 5.76. The lowest BCUT2D eigenvalue weighted by Crippen LogP contribution is -2.05. The molecule has 22 heavy (non-hydrogen) atoms. The average Bonchev–Trinajstić information content (AvgIpc) is 3.28. The lowest BCUT2D eigenvalue weighted by Gasteiger charge is -2.05. The topological polar surface area (TPSA) is 74.5 Å². The Morgan fingerprint density at radius 1 is 1.36 bits per heavy atom. The first kappa shape index (κ1) is 12.8. The Kier molecular flexibility index (Phi) is 2.83. The summed E-state index contributed by atoms with van der Waals surface area (Å²) >= 11 is 0. The molecule has 1 N–H and O–H groups in total. The highest BCUT2D eigenvalue weighted by Crippen LogP contribution is 2.33. The van der Waals surface area contributed by atoms with Crippen LogP contribution in [0, 0.1) is 17.2 Å². The maximum atomic E-state index is 11.4. The fourth-order valence-corrected chi connectivity index (χ4v) is 2.78. The van der Waals surface area contributed by atoms with Crippen LogP contribution in [0.3, 0.4) is 0 Å². The number of nitrogens with zero attached hydrogens (tertiary/aromatic N) is 3. The Hall–Kier alpha value is -2.87. The molecule has 5 nitrogen and oxygen atoms in total. The second kappa shape index (κ2) is 4.85. The molecule has 0 bridgehead atoms. The van der Waals surface area contributed by atoms with Gasteiger partial charge in [0.25, 0.3) is 5.56 Å². The van der Waals surface area contributed by atoms with Crippen LogP contribution in [0.1, 0.15) is 18.4 Å². The van der Waals surface area contributed by atoms with E-state index >= 15 is 0 Å². The smallest absolute Gasteiger partial charge is 0.273 e. The first-order chi connectivity index (χ1) is 10.7. The summed E-state index contributed by atoms with van der Waals surface area (Å²) in [5.41, 5.74) is 2.26. The number of rotatable bonds is 3. The van der Waals surface area contributed by atoms with Crippen LogP contribution in [0.2, 0.25) is 0 Å². The Morgan fingerprint density at radius 2 is 2.23 bits per heavy atom. The van der Waals surface area contributed by atoms with Gasteiger partial charge in [-0.25, -0.2) is 0 Å². The summed E-state index contributed by atoms with van der Waals surface area (Å²) < 4.78 is 2.16. The van der Waals surface area contributed by atoms with Crippen molar-refractivity contribution in [1.82, 2.24) is 14.5 Å². The van der Waals surface area contributed by atoms with Crippen LogP contribution in [-0.4, -0.2) is 14.5 Å². The van der Waals surface area contributed by atoms with Crippen LogP contribution in [-0.2, 0) is 6.54 Å². The maximum Gasteiger partial charge on any atom is 0.273 e. The van der Waals surface area contributed by atoms with Crippen molar-refractivity contribution < 1.29 is 0 Å². The highest BCUT2D eigenvalue weighted by atomic mass is 16.1. The van der Waals surface area contributed by atoms with E-state index in [-0.39, 0.29) is 5.56 Å². The molecule has 0 aliphatic heterocycles. The zero-order valence-electron chi connectivity index (χ0n) is 11.9. The summed E-state index contributed by atoms with van der Waals surface area (Å²) in [5.74, 6) is 1.27. The highest BCUT2D eigenvalue weighted by molar-refractivity contribution is 5.89. The fourth-order valence-electron chi connectivity index (χ4n) is 2.78. The zero-order valence-corrected chi connectivity index (χ0v) is 11.9. The van der Waals surface area contributed by atoms with Crippen molar-refractivity contribution in [2.45, 2.75) is 19.4 Å². The van der Waals surface area contributed by atoms with Gasteiger partial charge in [0.1, 0.15) is 11.9 Å². The van der Waals surface area contributed by atoms with Crippen molar-refractivity contribution in [3.8, 4) is 17.5 Å². The van der Waals surface area contributed by atoms with Crippen molar-refractivity contribution in [2.75, 3.05) is 0 Å². The van der Waals surface area contributed by atoms with Gasteiger partial charge in [-0.2, -0.15) is 10.2 Å². The third-order valence-electron chi connectivity index (χ3n) is 4.09. The molecule has 1 saturated carbocycles. The summed E-state index contributed by atoms with van der Waals surface area (Å²) in [6.45, 7) is 0.970. The molecule has 3 aromatic rings. The minimum absolute atomic E-state index is 0.277. The number of H-pyrrole nitrogens is 1. The lowest BCUT2D eigenvalue weighted by atomic mass is 10.1. The molecule has 4 rings (SSSR count). The quantitative estimate of drug-likeness (QED) is 0.805. The molecule has 0 saturated heterocycles. The summed E-state index contributed by atoms with van der Waals surface area (Å²) in [4.78, 5) is 18.3. The number of benzene rings is 1. The molecule has 0 radical (unpaired) electrons. The van der Waals surface area contributed by atoms with Gasteiger partial charge in [-0.1, -0.05) is 0 Å². The summed E-state index contributed by atoms with van der Waals surface area (Å²) in [5, 5.41) is 10.3. The van der Waals surface area contributed by atoms with E-state index in [1.165, 1.54) is 18.9 Å². The molecule has 1 aliphatic carbocycles. The second-order valence-corrected chi connectivity index (χ2v) is 5.76. The van der Waals surface area contributed by atoms with Crippen LogP contribution < -0.4 is 5.56 Å². The molecule has 108 valence electrons. The maximum absolute atomic E-state index is 11.4. The molecular weight excluding hydrogens is 276 g/mol. The Morgan fingerprint density at radius 3 is 2.95 bits per heavy atom. The van der Waals surface area contributed by atoms with E-state index < -0.39 is 0 Å². The molecule has 1 fully saturated rings. The normalized spacial score (nSPS) is 14.1. The molecule has 2 aromatic heterocycles. The molecule has 2 heterocycles. The molecule has 0 amide bonds. The third kappa shape index (κ3) is 2.19. The highest BCUT2D eigenvalue weighted by Gasteiger charge is 2.23. The monoisotopic (exact) mass is 290 g/mol. The van der Waals surface area contributed by atoms with Crippen LogP contribution in [0.15, 0.2) is 41.5 Å².